The van der Waals surface area contributed by atoms with Gasteiger partial charge >= 0.3 is 95.5 Å². The van der Waals surface area contributed by atoms with E-state index < -0.39 is 76.9 Å². The zero-order valence-electron chi connectivity index (χ0n) is 80.0. The summed E-state index contributed by atoms with van der Waals surface area (Å²) < 4.78 is 49.8. The number of aromatic carboxylic acids is 2. The fourth-order valence-corrected chi connectivity index (χ4v) is 10.5. The van der Waals surface area contributed by atoms with Crippen molar-refractivity contribution in [2.45, 2.75) is 316 Å². The molecule has 2 aromatic rings. The number of Topliss-reactive ketones (excluding diaryl/α,β-unsaturated/α-hetero) is 1. The van der Waals surface area contributed by atoms with Crippen molar-refractivity contribution in [1.29, 1.82) is 0 Å². The molecule has 0 aromatic heterocycles. The van der Waals surface area contributed by atoms with Gasteiger partial charge in [-0.2, -0.15) is 0 Å². The summed E-state index contributed by atoms with van der Waals surface area (Å²) in [6.45, 7) is 31.1. The number of carbonyl (C=O) groups excluding carboxylic acids is 10. The van der Waals surface area contributed by atoms with E-state index in [2.05, 4.69) is 16.4 Å². The molecule has 130 heavy (non-hydrogen) atoms. The van der Waals surface area contributed by atoms with Crippen molar-refractivity contribution in [2.75, 3.05) is 66.1 Å². The number of ketones is 1. The number of carboxylic acids is 7. The molecule has 34 nitrogen and oxygen atoms in total. The van der Waals surface area contributed by atoms with Crippen LogP contribution in [0.2, 0.25) is 0 Å². The van der Waals surface area contributed by atoms with E-state index in [9.17, 15) is 81.5 Å². The lowest BCUT2D eigenvalue weighted by Crippen LogP contribution is -2.34. The third kappa shape index (κ3) is 66.7. The van der Waals surface area contributed by atoms with Gasteiger partial charge in [-0.05, 0) is 153 Å². The van der Waals surface area contributed by atoms with E-state index in [-0.39, 0.29) is 159 Å². The number of hydrogen-bond acceptors (Lipinski definition) is 27. The largest absolute Gasteiger partial charge is 0.494 e. The van der Waals surface area contributed by atoms with Crippen LogP contribution >= 0.6 is 0 Å². The van der Waals surface area contributed by atoms with Crippen molar-refractivity contribution in [3.05, 3.63) is 65.2 Å². The smallest absolute Gasteiger partial charge is 0.339 e. The van der Waals surface area contributed by atoms with Crippen LogP contribution in [0.4, 0.5) is 0 Å². The first-order chi connectivity index (χ1) is 61.3. The molecule has 1 saturated carbocycles. The first-order valence-electron chi connectivity index (χ1n) is 45.7. The monoisotopic (exact) mass is 1850 g/mol. The molecule has 0 aliphatic heterocycles. The summed E-state index contributed by atoms with van der Waals surface area (Å²) in [7, 11) is 0. The minimum atomic E-state index is -1.20. The molecule has 1 aliphatic rings. The van der Waals surface area contributed by atoms with E-state index in [1.165, 1.54) is 68.9 Å². The summed E-state index contributed by atoms with van der Waals surface area (Å²) in [6.07, 6.45) is 23.8. The van der Waals surface area contributed by atoms with E-state index in [0.717, 1.165) is 89.9 Å². The highest BCUT2D eigenvalue weighted by Crippen LogP contribution is 2.32. The number of unbranched alkanes of at least 4 members (excludes halogenated alkanes) is 12. The SMILES string of the molecule is CCC(C)(C)C(=O)CCCCCCCCCCCCC(=O)O.CCC(C)(C)C(=O)OCCOC(=O)c1ccccc1C(=O)O.CCC(C)C(=O)OCCC(=O)O.CCC(C)C(=O)OCCCCCC(=O)O.CCC(C)C(=O)OCCCCOc1ccc(C(=O)O)cc1.CCC(C)C(=O)OCCOC(=O)C1CCCCC1C(=O)O.CCC(C)C(=O)OCCOC(=O)CCC(=O)O. The van der Waals surface area contributed by atoms with Gasteiger partial charge in [-0.15, -0.1) is 0 Å². The van der Waals surface area contributed by atoms with Crippen LogP contribution in [0.15, 0.2) is 48.5 Å². The van der Waals surface area contributed by atoms with Gasteiger partial charge < -0.3 is 83.1 Å². The molecule has 0 spiro atoms. The third-order valence-corrected chi connectivity index (χ3v) is 21.2. The standard InChI is InChI=1S/C19H36O3.C16H20O6.C16H22O5.C15H24O6.C11H18O6.C11H20O4.C8H14O4/c1-4-19(2,3)17(20)15-13-11-9-7-5-6-8-10-12-14-16-18(21)22;1-4-16(2,3)15(20)22-10-9-21-14(19)12-8-6-5-7-11(12)13(17)18;1-3-12(2)16(19)21-11-5-4-10-20-14-8-6-13(7-9-14)15(17)18;1-3-10(2)14(18)20-8-9-21-15(19)12-7-5-4-6-11(12)13(16)17;1-3-8(2)11(15)17-7-6-16-10(14)5-4-9(12)13;1-3-9(2)11(14)15-8-6-4-5-7-10(12)13;1-3-6(2)8(11)12-5-4-7(9)10/h4-16H2,1-3H3,(H,21,22);5-8H,4,9-10H2,1-3H3,(H,17,18);6-9,12H,3-5,10-11H2,1-2H3,(H,17,18);10-12H,3-9H2,1-2H3,(H,16,17);8H,3-7H2,1-2H3,(H,12,13);9H,3-8H2,1-2H3,(H,12,13);6H,3-5H2,1-2H3,(H,9,10). The summed E-state index contributed by atoms with van der Waals surface area (Å²) in [5, 5.41) is 60.3. The van der Waals surface area contributed by atoms with Gasteiger partial charge in [0.2, 0.25) is 0 Å². The van der Waals surface area contributed by atoms with Crippen molar-refractivity contribution >= 4 is 101 Å². The topological polar surface area (TPSA) is 524 Å². The Hall–Kier alpha value is -10.6. The second-order valence-corrected chi connectivity index (χ2v) is 32.7. The molecule has 0 amide bonds. The fourth-order valence-electron chi connectivity index (χ4n) is 10.5. The molecule has 7 atom stereocenters. The van der Waals surface area contributed by atoms with Gasteiger partial charge in [0.05, 0.1) is 103 Å². The predicted molar refractivity (Wildman–Crippen MR) is 481 cm³/mol. The Labute approximate surface area is 768 Å². The lowest BCUT2D eigenvalue weighted by Gasteiger charge is -2.26. The number of esters is 9. The average Bonchev–Trinajstić information content (AvgIpc) is 0.852. The van der Waals surface area contributed by atoms with Crippen LogP contribution in [0.1, 0.15) is 347 Å². The van der Waals surface area contributed by atoms with Crippen LogP contribution in [0.3, 0.4) is 0 Å². The molecule has 7 unspecified atom stereocenters. The zero-order valence-corrected chi connectivity index (χ0v) is 80.0. The lowest BCUT2D eigenvalue weighted by molar-refractivity contribution is -0.163. The van der Waals surface area contributed by atoms with Crippen LogP contribution in [-0.4, -0.2) is 203 Å². The van der Waals surface area contributed by atoms with E-state index in [0.29, 0.717) is 82.7 Å². The number of rotatable bonds is 59. The minimum Gasteiger partial charge on any atom is -0.494 e. The van der Waals surface area contributed by atoms with Crippen molar-refractivity contribution in [1.82, 2.24) is 0 Å². The quantitative estimate of drug-likeness (QED) is 0.0184. The Morgan fingerprint density at radius 3 is 1.08 bits per heavy atom. The Kier molecular flexibility index (Phi) is 74.7. The van der Waals surface area contributed by atoms with Gasteiger partial charge in [-0.25, -0.2) is 14.4 Å². The molecule has 1 aliphatic carbocycles. The molecule has 1 fully saturated rings. The fraction of sp³-hybridized carbons (Fsp3) is 0.698. The van der Waals surface area contributed by atoms with Crippen LogP contribution in [0.25, 0.3) is 0 Å². The zero-order chi connectivity index (χ0) is 99.6. The van der Waals surface area contributed by atoms with Crippen LogP contribution in [0, 0.1) is 52.3 Å². The molecule has 0 bridgehead atoms. The number of carbonyl (C=O) groups is 17. The number of benzene rings is 2. The van der Waals surface area contributed by atoms with Gasteiger partial charge in [0.1, 0.15) is 57.8 Å². The van der Waals surface area contributed by atoms with Gasteiger partial charge in [0.25, 0.3) is 0 Å². The first kappa shape index (κ1) is 126. The Morgan fingerprint density at radius 2 is 0.677 bits per heavy atom. The van der Waals surface area contributed by atoms with Crippen molar-refractivity contribution in [3.8, 4) is 5.75 Å². The molecule has 0 radical (unpaired) electrons. The van der Waals surface area contributed by atoms with Gasteiger partial charge in [0.15, 0.2) is 0 Å². The minimum absolute atomic E-state index is 0.00197. The molecular weight excluding hydrogens is 1700 g/mol. The Morgan fingerprint density at radius 1 is 0.331 bits per heavy atom. The maximum atomic E-state index is 12.0. The highest BCUT2D eigenvalue weighted by Gasteiger charge is 2.37. The highest BCUT2D eigenvalue weighted by atomic mass is 16.6. The van der Waals surface area contributed by atoms with E-state index in [1.807, 2.05) is 69.2 Å². The average molecular weight is 1850 g/mol. The lowest BCUT2D eigenvalue weighted by atomic mass is 9.79. The number of hydrogen-bond donors (Lipinski definition) is 7. The van der Waals surface area contributed by atoms with Gasteiger partial charge in [0, 0.05) is 24.7 Å². The van der Waals surface area contributed by atoms with Crippen LogP contribution < -0.4 is 4.74 Å². The molecule has 2 aromatic carbocycles. The summed E-state index contributed by atoms with van der Waals surface area (Å²) in [4.78, 5) is 188. The van der Waals surface area contributed by atoms with Crippen LogP contribution in [-0.2, 0) is 110 Å². The second-order valence-electron chi connectivity index (χ2n) is 32.7. The Bertz CT molecular complexity index is 3600. The maximum Gasteiger partial charge on any atom is 0.339 e. The summed E-state index contributed by atoms with van der Waals surface area (Å²) in [5.74, 6) is -10.8. The molecule has 7 N–H and O–H groups in total. The summed E-state index contributed by atoms with van der Waals surface area (Å²) >= 11 is 0. The van der Waals surface area contributed by atoms with E-state index >= 15 is 0 Å². The molecule has 34 heteroatoms. The molecule has 742 valence electrons. The summed E-state index contributed by atoms with van der Waals surface area (Å²) in [5.41, 5.74) is -0.647. The molecular formula is C96H154O34. The summed E-state index contributed by atoms with van der Waals surface area (Å²) in [6, 6.07) is 12.0. The number of carboxylic acid groups (broad SMARTS) is 7. The normalized spacial score (nSPS) is 13.5. The molecule has 0 heterocycles. The molecule has 0 saturated heterocycles. The first-order valence-corrected chi connectivity index (χ1v) is 45.7. The van der Waals surface area contributed by atoms with E-state index in [1.54, 1.807) is 52.8 Å². The Balaban J connectivity index is -0.000000718. The number of aliphatic carboxylic acids is 5. The van der Waals surface area contributed by atoms with Gasteiger partial charge in [-0.1, -0.05) is 173 Å². The van der Waals surface area contributed by atoms with E-state index in [4.69, 9.17) is 73.6 Å². The number of ether oxygens (including phenoxy) is 10. The van der Waals surface area contributed by atoms with Gasteiger partial charge in [-0.3, -0.25) is 67.1 Å². The highest BCUT2D eigenvalue weighted by molar-refractivity contribution is 6.02. The van der Waals surface area contributed by atoms with Crippen molar-refractivity contribution in [2.24, 2.45) is 52.3 Å². The second kappa shape index (κ2) is 77.2. The van der Waals surface area contributed by atoms with Crippen molar-refractivity contribution in [3.63, 3.8) is 0 Å². The van der Waals surface area contributed by atoms with Crippen LogP contribution in [0.5, 0.6) is 5.75 Å². The molecule has 3 rings (SSSR count). The predicted octanol–water partition coefficient (Wildman–Crippen LogP) is 17.7. The third-order valence-electron chi connectivity index (χ3n) is 21.2. The maximum absolute atomic E-state index is 12.0. The van der Waals surface area contributed by atoms with Crippen molar-refractivity contribution < 1.29 is 165 Å².